The Morgan fingerprint density at radius 2 is 1.77 bits per heavy atom. The Bertz CT molecular complexity index is 1090. The Morgan fingerprint density at radius 1 is 1.13 bits per heavy atom. The number of methoxy groups -OCH3 is 1. The lowest BCUT2D eigenvalue weighted by Crippen LogP contribution is -2.52. The van der Waals surface area contributed by atoms with E-state index in [9.17, 15) is 22.1 Å². The minimum atomic E-state index is -4.83. The van der Waals surface area contributed by atoms with Gasteiger partial charge in [-0.2, -0.15) is 22.5 Å². The van der Waals surface area contributed by atoms with Gasteiger partial charge in [0.25, 0.3) is 0 Å². The summed E-state index contributed by atoms with van der Waals surface area (Å²) in [5.74, 6) is -0.542. The van der Waals surface area contributed by atoms with Gasteiger partial charge >= 0.3 is 17.4 Å². The van der Waals surface area contributed by atoms with Crippen LogP contribution in [0.25, 0.3) is 11.0 Å². The highest BCUT2D eigenvalue weighted by molar-refractivity contribution is 7.90. The smallest absolute Gasteiger partial charge is 0.507 e. The molecule has 0 saturated heterocycles. The van der Waals surface area contributed by atoms with E-state index in [4.69, 9.17) is 4.74 Å². The molecule has 0 amide bonds. The second-order valence-electron chi connectivity index (χ2n) is 6.63. The van der Waals surface area contributed by atoms with Gasteiger partial charge in [0.1, 0.15) is 5.75 Å². The van der Waals surface area contributed by atoms with Crippen molar-refractivity contribution in [2.75, 3.05) is 7.11 Å². The number of aryl methyl sites for hydroxylation is 1. The Morgan fingerprint density at radius 3 is 2.40 bits per heavy atom. The SMILES string of the molecule is COc1c(C)cnc(C[S+]([O-])c2nc3cc4c(cc3[nH]2)OC(F)(F)C(F)(F)O4)c1C. The van der Waals surface area contributed by atoms with Crippen molar-refractivity contribution in [1.29, 1.82) is 0 Å². The van der Waals surface area contributed by atoms with Crippen molar-refractivity contribution < 1.29 is 36.3 Å². The number of nitrogens with zero attached hydrogens (tertiary/aromatic N) is 2. The highest BCUT2D eigenvalue weighted by Gasteiger charge is 2.66. The number of imidazole rings is 1. The summed E-state index contributed by atoms with van der Waals surface area (Å²) in [5, 5.41) is 0.0200. The van der Waals surface area contributed by atoms with Crippen LogP contribution < -0.4 is 14.2 Å². The molecule has 0 fully saturated rings. The zero-order chi connectivity index (χ0) is 21.8. The Hall–Kier alpha value is -2.73. The number of fused-ring (bicyclic) bond motifs is 2. The third kappa shape index (κ3) is 3.29. The van der Waals surface area contributed by atoms with Crippen LogP contribution in [0.5, 0.6) is 17.2 Å². The summed E-state index contributed by atoms with van der Waals surface area (Å²) in [6, 6.07) is 2.06. The first-order chi connectivity index (χ1) is 14.0. The van der Waals surface area contributed by atoms with Gasteiger partial charge in [-0.3, -0.25) is 9.97 Å². The molecule has 1 aromatic carbocycles. The summed E-state index contributed by atoms with van der Waals surface area (Å²) in [6.45, 7) is 3.62. The molecule has 30 heavy (non-hydrogen) atoms. The molecular weight excluding hydrogens is 430 g/mol. The second-order valence-corrected chi connectivity index (χ2v) is 8.00. The molecule has 3 heterocycles. The summed E-state index contributed by atoms with van der Waals surface area (Å²) in [4.78, 5) is 11.1. The highest BCUT2D eigenvalue weighted by atomic mass is 32.2. The highest BCUT2D eigenvalue weighted by Crippen LogP contribution is 2.48. The van der Waals surface area contributed by atoms with Gasteiger partial charge in [-0.05, 0) is 13.8 Å². The normalized spacial score (nSPS) is 17.7. The molecule has 12 heteroatoms. The topological polar surface area (TPSA) is 92.3 Å². The monoisotopic (exact) mass is 445 g/mol. The first-order valence-electron chi connectivity index (χ1n) is 8.57. The van der Waals surface area contributed by atoms with Gasteiger partial charge in [-0.1, -0.05) is 0 Å². The second kappa shape index (κ2) is 6.91. The Labute approximate surface area is 170 Å². The van der Waals surface area contributed by atoms with Crippen LogP contribution >= 0.6 is 0 Å². The zero-order valence-corrected chi connectivity index (χ0v) is 16.7. The zero-order valence-electron chi connectivity index (χ0n) is 15.9. The average molecular weight is 445 g/mol. The maximum Gasteiger partial charge on any atom is 0.507 e. The number of pyridine rings is 1. The Balaban J connectivity index is 1.65. The number of aromatic amines is 1. The van der Waals surface area contributed by atoms with E-state index in [0.29, 0.717) is 11.4 Å². The van der Waals surface area contributed by atoms with E-state index in [1.165, 1.54) is 7.11 Å². The number of ether oxygens (including phenoxy) is 3. The summed E-state index contributed by atoms with van der Waals surface area (Å²) in [6.07, 6.45) is -8.06. The molecule has 4 rings (SSSR count). The number of alkyl halides is 4. The molecule has 3 aromatic rings. The molecule has 1 aliphatic rings. The lowest BCUT2D eigenvalue weighted by atomic mass is 10.1. The predicted octanol–water partition coefficient (Wildman–Crippen LogP) is 3.85. The van der Waals surface area contributed by atoms with Gasteiger partial charge in [0.15, 0.2) is 17.3 Å². The van der Waals surface area contributed by atoms with Crippen molar-refractivity contribution in [3.05, 3.63) is 35.2 Å². The van der Waals surface area contributed by atoms with E-state index in [1.807, 2.05) is 6.92 Å². The van der Waals surface area contributed by atoms with Gasteiger partial charge in [0, 0.05) is 40.6 Å². The number of hydrogen-bond donors (Lipinski definition) is 1. The molecule has 0 spiro atoms. The molecule has 1 unspecified atom stereocenters. The van der Waals surface area contributed by atoms with Crippen molar-refractivity contribution in [3.8, 4) is 17.2 Å². The minimum Gasteiger partial charge on any atom is -0.609 e. The molecule has 1 aliphatic heterocycles. The fourth-order valence-corrected chi connectivity index (χ4v) is 4.17. The minimum absolute atomic E-state index is 0.00511. The number of H-pyrrole nitrogens is 1. The standard InChI is InChI=1S/C18H15F4N3O4S/c1-8-6-23-12(9(2)15(8)27-3)7-30(26)16-24-10-4-13-14(5-11(10)25-16)29-18(21,22)17(19,20)28-13/h4-6H,7H2,1-3H3,(H,24,25). The van der Waals surface area contributed by atoms with E-state index in [-0.39, 0.29) is 21.9 Å². The fourth-order valence-electron chi connectivity index (χ4n) is 3.07. The summed E-state index contributed by atoms with van der Waals surface area (Å²) >= 11 is -1.69. The molecule has 1 atom stereocenters. The molecule has 2 aromatic heterocycles. The van der Waals surface area contributed by atoms with E-state index < -0.39 is 34.9 Å². The van der Waals surface area contributed by atoms with E-state index in [2.05, 4.69) is 24.4 Å². The third-order valence-electron chi connectivity index (χ3n) is 4.57. The van der Waals surface area contributed by atoms with Gasteiger partial charge in [0.05, 0.1) is 23.8 Å². The quantitative estimate of drug-likeness (QED) is 0.485. The lowest BCUT2D eigenvalue weighted by Gasteiger charge is -2.31. The molecule has 0 saturated carbocycles. The van der Waals surface area contributed by atoms with Crippen molar-refractivity contribution in [3.63, 3.8) is 0 Å². The molecule has 7 nitrogen and oxygen atoms in total. The van der Waals surface area contributed by atoms with E-state index in [0.717, 1.165) is 23.3 Å². The fraction of sp³-hybridized carbons (Fsp3) is 0.333. The molecule has 0 aliphatic carbocycles. The van der Waals surface area contributed by atoms with E-state index >= 15 is 0 Å². The van der Waals surface area contributed by atoms with Crippen molar-refractivity contribution in [2.45, 2.75) is 37.0 Å². The van der Waals surface area contributed by atoms with Crippen molar-refractivity contribution in [1.82, 2.24) is 15.0 Å². The molecule has 1 N–H and O–H groups in total. The van der Waals surface area contributed by atoms with Crippen LogP contribution in [0.3, 0.4) is 0 Å². The number of nitrogens with one attached hydrogen (secondary N) is 1. The van der Waals surface area contributed by atoms with E-state index in [1.54, 1.807) is 13.1 Å². The predicted molar refractivity (Wildman–Crippen MR) is 97.6 cm³/mol. The van der Waals surface area contributed by atoms with Crippen molar-refractivity contribution >= 4 is 22.2 Å². The summed E-state index contributed by atoms with van der Waals surface area (Å²) in [7, 11) is 1.52. The lowest BCUT2D eigenvalue weighted by molar-refractivity contribution is -0.391. The number of rotatable bonds is 4. The summed E-state index contributed by atoms with van der Waals surface area (Å²) in [5.41, 5.74) is 2.36. The van der Waals surface area contributed by atoms with Crippen LogP contribution in [-0.2, 0) is 16.9 Å². The number of halogens is 4. The van der Waals surface area contributed by atoms with Crippen LogP contribution in [0.4, 0.5) is 17.6 Å². The van der Waals surface area contributed by atoms with Gasteiger partial charge in [0.2, 0.25) is 0 Å². The molecule has 160 valence electrons. The Kier molecular flexibility index (Phi) is 4.73. The van der Waals surface area contributed by atoms with Crippen LogP contribution in [-0.4, -0.2) is 38.8 Å². The molecule has 0 bridgehead atoms. The van der Waals surface area contributed by atoms with Crippen LogP contribution in [0.15, 0.2) is 23.5 Å². The average Bonchev–Trinajstić information content (AvgIpc) is 3.06. The third-order valence-corrected chi connectivity index (χ3v) is 5.73. The molecule has 0 radical (unpaired) electrons. The maximum absolute atomic E-state index is 13.4. The maximum atomic E-state index is 13.4. The van der Waals surface area contributed by atoms with Crippen LogP contribution in [0, 0.1) is 13.8 Å². The van der Waals surface area contributed by atoms with Crippen molar-refractivity contribution in [2.24, 2.45) is 0 Å². The molecular formula is C18H15F4N3O4S. The largest absolute Gasteiger partial charge is 0.609 e. The first kappa shape index (κ1) is 20.5. The number of hydrogen-bond acceptors (Lipinski definition) is 6. The first-order valence-corrected chi connectivity index (χ1v) is 9.89. The van der Waals surface area contributed by atoms with Gasteiger partial charge < -0.3 is 18.8 Å². The van der Waals surface area contributed by atoms with Crippen LogP contribution in [0.1, 0.15) is 16.8 Å². The number of aromatic nitrogens is 3. The van der Waals surface area contributed by atoms with Gasteiger partial charge in [-0.15, -0.1) is 0 Å². The van der Waals surface area contributed by atoms with Gasteiger partial charge in [-0.25, -0.2) is 0 Å². The summed E-state index contributed by atoms with van der Waals surface area (Å²) < 4.78 is 79.8. The van der Waals surface area contributed by atoms with Crippen LogP contribution in [0.2, 0.25) is 0 Å². The number of benzene rings is 1.